The van der Waals surface area contributed by atoms with Gasteiger partial charge in [0.05, 0.1) is 5.56 Å². The van der Waals surface area contributed by atoms with Crippen molar-refractivity contribution >= 4 is 11.3 Å². The number of benzene rings is 1. The van der Waals surface area contributed by atoms with Gasteiger partial charge < -0.3 is 0 Å². The molecule has 2 aromatic rings. The summed E-state index contributed by atoms with van der Waals surface area (Å²) in [6.45, 7) is 4.46. The van der Waals surface area contributed by atoms with Crippen LogP contribution in [0.1, 0.15) is 56.6 Å². The van der Waals surface area contributed by atoms with Crippen molar-refractivity contribution in [2.24, 2.45) is 5.41 Å². The Balaban J connectivity index is 1.95. The van der Waals surface area contributed by atoms with E-state index in [1.165, 1.54) is 23.6 Å². The second kappa shape index (κ2) is 5.93. The van der Waals surface area contributed by atoms with Gasteiger partial charge in [0.2, 0.25) is 0 Å². The van der Waals surface area contributed by atoms with E-state index in [1.807, 2.05) is 6.07 Å². The van der Waals surface area contributed by atoms with Crippen molar-refractivity contribution in [1.82, 2.24) is 4.98 Å². The van der Waals surface area contributed by atoms with Gasteiger partial charge >= 0.3 is 6.18 Å². The molecule has 1 nitrogen and oxygen atoms in total. The molecule has 1 aromatic carbocycles. The predicted molar refractivity (Wildman–Crippen MR) is 87.5 cm³/mol. The lowest BCUT2D eigenvalue weighted by molar-refractivity contribution is -0.137. The van der Waals surface area contributed by atoms with E-state index in [2.05, 4.69) is 18.8 Å². The first-order chi connectivity index (χ1) is 10.8. The molecule has 124 valence electrons. The second-order valence-electron chi connectivity index (χ2n) is 7.08. The SMILES string of the molecule is CC1(C)CCC(c2ccc(-c3nccs3)c(C(F)(F)F)c2)CC1. The highest BCUT2D eigenvalue weighted by Gasteiger charge is 2.36. The number of aromatic nitrogens is 1. The average molecular weight is 339 g/mol. The Morgan fingerprint density at radius 2 is 1.87 bits per heavy atom. The molecule has 1 aliphatic carbocycles. The molecule has 0 unspecified atom stereocenters. The third kappa shape index (κ3) is 3.60. The maximum atomic E-state index is 13.5. The first-order valence-corrected chi connectivity index (χ1v) is 8.75. The molecule has 3 rings (SSSR count). The normalized spacial score (nSPS) is 19.0. The van der Waals surface area contributed by atoms with Crippen molar-refractivity contribution in [3.8, 4) is 10.6 Å². The molecule has 0 spiro atoms. The molecule has 1 aliphatic rings. The summed E-state index contributed by atoms with van der Waals surface area (Å²) in [5, 5.41) is 2.13. The molecule has 1 fully saturated rings. The number of nitrogens with zero attached hydrogens (tertiary/aromatic N) is 1. The van der Waals surface area contributed by atoms with Gasteiger partial charge in [0.25, 0.3) is 0 Å². The number of hydrogen-bond acceptors (Lipinski definition) is 2. The third-order valence-corrected chi connectivity index (χ3v) is 5.63. The number of hydrogen-bond donors (Lipinski definition) is 0. The monoisotopic (exact) mass is 339 g/mol. The van der Waals surface area contributed by atoms with Crippen LogP contribution in [0.3, 0.4) is 0 Å². The third-order valence-electron chi connectivity index (χ3n) is 4.82. The van der Waals surface area contributed by atoms with Gasteiger partial charge in [0.15, 0.2) is 0 Å². The predicted octanol–water partition coefficient (Wildman–Crippen LogP) is 6.51. The molecule has 5 heteroatoms. The molecule has 0 saturated heterocycles. The van der Waals surface area contributed by atoms with Crippen LogP contribution in [0.4, 0.5) is 13.2 Å². The van der Waals surface area contributed by atoms with Gasteiger partial charge in [-0.3, -0.25) is 0 Å². The molecule has 1 saturated carbocycles. The highest BCUT2D eigenvalue weighted by molar-refractivity contribution is 7.13. The Hall–Kier alpha value is -1.36. The van der Waals surface area contributed by atoms with Crippen LogP contribution in [0, 0.1) is 5.41 Å². The highest BCUT2D eigenvalue weighted by atomic mass is 32.1. The minimum absolute atomic E-state index is 0.187. The first kappa shape index (κ1) is 16.5. The fraction of sp³-hybridized carbons (Fsp3) is 0.500. The van der Waals surface area contributed by atoms with Crippen LogP contribution in [0.5, 0.6) is 0 Å². The summed E-state index contributed by atoms with van der Waals surface area (Å²) in [6.07, 6.45) is 1.23. The molecule has 1 heterocycles. The molecular weight excluding hydrogens is 319 g/mol. The van der Waals surface area contributed by atoms with E-state index in [0.717, 1.165) is 31.2 Å². The summed E-state index contributed by atoms with van der Waals surface area (Å²) in [7, 11) is 0. The van der Waals surface area contributed by atoms with E-state index in [4.69, 9.17) is 0 Å². The second-order valence-corrected chi connectivity index (χ2v) is 7.97. The number of alkyl halides is 3. The first-order valence-electron chi connectivity index (χ1n) is 7.87. The zero-order chi connectivity index (χ0) is 16.7. The molecule has 0 atom stereocenters. The fourth-order valence-electron chi connectivity index (χ4n) is 3.33. The fourth-order valence-corrected chi connectivity index (χ4v) is 4.00. The Morgan fingerprint density at radius 3 is 2.43 bits per heavy atom. The minimum atomic E-state index is -4.36. The van der Waals surface area contributed by atoms with Crippen molar-refractivity contribution in [3.63, 3.8) is 0 Å². The quantitative estimate of drug-likeness (QED) is 0.607. The number of rotatable bonds is 2. The molecule has 0 radical (unpaired) electrons. The molecule has 0 bridgehead atoms. The van der Waals surface area contributed by atoms with Crippen molar-refractivity contribution < 1.29 is 13.2 Å². The topological polar surface area (TPSA) is 12.9 Å². The van der Waals surface area contributed by atoms with Gasteiger partial charge in [0.1, 0.15) is 5.01 Å². The summed E-state index contributed by atoms with van der Waals surface area (Å²) < 4.78 is 40.5. The molecule has 1 aromatic heterocycles. The van der Waals surface area contributed by atoms with E-state index >= 15 is 0 Å². The van der Waals surface area contributed by atoms with Crippen LogP contribution in [-0.4, -0.2) is 4.98 Å². The van der Waals surface area contributed by atoms with Gasteiger partial charge in [-0.15, -0.1) is 11.3 Å². The van der Waals surface area contributed by atoms with Crippen molar-refractivity contribution in [1.29, 1.82) is 0 Å². The summed E-state index contributed by atoms with van der Waals surface area (Å²) >= 11 is 1.24. The lowest BCUT2D eigenvalue weighted by Crippen LogP contribution is -2.20. The van der Waals surface area contributed by atoms with Gasteiger partial charge in [-0.25, -0.2) is 4.98 Å². The van der Waals surface area contributed by atoms with E-state index in [-0.39, 0.29) is 11.5 Å². The molecule has 0 N–H and O–H groups in total. The maximum absolute atomic E-state index is 13.5. The maximum Gasteiger partial charge on any atom is 0.417 e. The number of thiazole rings is 1. The van der Waals surface area contributed by atoms with E-state index in [1.54, 1.807) is 11.4 Å². The average Bonchev–Trinajstić information content (AvgIpc) is 3.00. The van der Waals surface area contributed by atoms with Crippen LogP contribution < -0.4 is 0 Å². The van der Waals surface area contributed by atoms with E-state index in [0.29, 0.717) is 10.4 Å². The largest absolute Gasteiger partial charge is 0.417 e. The Morgan fingerprint density at radius 1 is 1.17 bits per heavy atom. The minimum Gasteiger partial charge on any atom is -0.245 e. The van der Waals surface area contributed by atoms with Crippen LogP contribution in [0.2, 0.25) is 0 Å². The summed E-state index contributed by atoms with van der Waals surface area (Å²) in [5.41, 5.74) is 0.750. The standard InChI is InChI=1S/C18H20F3NS/c1-17(2)7-5-12(6-8-17)13-3-4-14(16-22-9-10-23-16)15(11-13)18(19,20)21/h3-4,9-12H,5-8H2,1-2H3. The van der Waals surface area contributed by atoms with Gasteiger partial charge in [-0.05, 0) is 48.6 Å². The highest BCUT2D eigenvalue weighted by Crippen LogP contribution is 2.45. The molecule has 0 amide bonds. The van der Waals surface area contributed by atoms with Crippen molar-refractivity contribution in [2.75, 3.05) is 0 Å². The van der Waals surface area contributed by atoms with Crippen LogP contribution in [-0.2, 0) is 6.18 Å². The Labute approximate surface area is 138 Å². The van der Waals surface area contributed by atoms with Crippen molar-refractivity contribution in [2.45, 2.75) is 51.6 Å². The molecule has 0 aliphatic heterocycles. The van der Waals surface area contributed by atoms with Crippen molar-refractivity contribution in [3.05, 3.63) is 40.9 Å². The molecule has 23 heavy (non-hydrogen) atoms. The van der Waals surface area contributed by atoms with Gasteiger partial charge in [-0.1, -0.05) is 26.0 Å². The van der Waals surface area contributed by atoms with E-state index < -0.39 is 11.7 Å². The number of halogens is 3. The summed E-state index contributed by atoms with van der Waals surface area (Å²) in [4.78, 5) is 4.04. The zero-order valence-electron chi connectivity index (χ0n) is 13.3. The summed E-state index contributed by atoms with van der Waals surface area (Å²) in [5.74, 6) is 0.231. The smallest absolute Gasteiger partial charge is 0.245 e. The lowest BCUT2D eigenvalue weighted by atomic mass is 9.71. The van der Waals surface area contributed by atoms with Gasteiger partial charge in [0, 0.05) is 17.1 Å². The van der Waals surface area contributed by atoms with Gasteiger partial charge in [-0.2, -0.15) is 13.2 Å². The van der Waals surface area contributed by atoms with Crippen LogP contribution >= 0.6 is 11.3 Å². The van der Waals surface area contributed by atoms with Crippen LogP contribution in [0.25, 0.3) is 10.6 Å². The lowest BCUT2D eigenvalue weighted by Gasteiger charge is -2.34. The molecular formula is C18H20F3NS. The summed E-state index contributed by atoms with van der Waals surface area (Å²) in [6, 6.07) is 4.80. The van der Waals surface area contributed by atoms with E-state index in [9.17, 15) is 13.2 Å². The zero-order valence-corrected chi connectivity index (χ0v) is 14.1. The van der Waals surface area contributed by atoms with Crippen LogP contribution in [0.15, 0.2) is 29.8 Å². The Kier molecular flexibility index (Phi) is 4.25. The Bertz CT molecular complexity index is 664.